The number of carbonyl (C=O) groups excluding carboxylic acids is 1. The molecule has 0 radical (unpaired) electrons. The van der Waals surface area contributed by atoms with Gasteiger partial charge in [0.15, 0.2) is 0 Å². The number of carboxylic acids is 1. The fourth-order valence-electron chi connectivity index (χ4n) is 2.74. The van der Waals surface area contributed by atoms with Crippen molar-refractivity contribution in [3.8, 4) is 0 Å². The number of carboxylic acid groups (broad SMARTS) is 1. The third-order valence-electron chi connectivity index (χ3n) is 3.98. The minimum atomic E-state index is -1.19. The molecule has 0 saturated carbocycles. The van der Waals surface area contributed by atoms with E-state index in [1.54, 1.807) is 20.8 Å². The lowest BCUT2D eigenvalue weighted by molar-refractivity contribution is -0.138. The SMILES string of the molecule is CC(C)(C)OC(=O)NCC(C(=O)O)c1ccc(Cl)c(F)c1Cc1ccccc1. The van der Waals surface area contributed by atoms with E-state index < -0.39 is 29.4 Å². The Morgan fingerprint density at radius 1 is 1.18 bits per heavy atom. The number of nitrogens with one attached hydrogen (secondary N) is 1. The second-order valence-electron chi connectivity index (χ2n) is 7.37. The molecule has 2 rings (SSSR count). The van der Waals surface area contributed by atoms with Gasteiger partial charge in [0.05, 0.1) is 10.9 Å². The molecule has 2 N–H and O–H groups in total. The molecule has 0 aromatic heterocycles. The zero-order valence-electron chi connectivity index (χ0n) is 16.0. The molecule has 7 heteroatoms. The maximum atomic E-state index is 14.8. The number of alkyl carbamates (subject to hydrolysis) is 1. The number of aliphatic carboxylic acids is 1. The molecule has 0 aliphatic carbocycles. The van der Waals surface area contributed by atoms with Crippen molar-refractivity contribution in [3.63, 3.8) is 0 Å². The molecule has 0 aliphatic rings. The van der Waals surface area contributed by atoms with Gasteiger partial charge in [-0.15, -0.1) is 0 Å². The zero-order valence-corrected chi connectivity index (χ0v) is 16.7. The molecule has 0 bridgehead atoms. The van der Waals surface area contributed by atoms with Crippen LogP contribution in [0.3, 0.4) is 0 Å². The topological polar surface area (TPSA) is 75.6 Å². The van der Waals surface area contributed by atoms with Crippen molar-refractivity contribution in [3.05, 3.63) is 70.0 Å². The van der Waals surface area contributed by atoms with E-state index in [9.17, 15) is 19.1 Å². The normalized spacial score (nSPS) is 12.3. The highest BCUT2D eigenvalue weighted by atomic mass is 35.5. The van der Waals surface area contributed by atoms with E-state index >= 15 is 0 Å². The molecule has 2 aromatic carbocycles. The Labute approximate surface area is 168 Å². The van der Waals surface area contributed by atoms with Crippen LogP contribution in [0, 0.1) is 5.82 Å². The Bertz CT molecular complexity index is 849. The second kappa shape index (κ2) is 9.06. The molecule has 1 amide bonds. The van der Waals surface area contributed by atoms with Gasteiger partial charge in [0, 0.05) is 13.0 Å². The highest BCUT2D eigenvalue weighted by molar-refractivity contribution is 6.30. The van der Waals surface area contributed by atoms with E-state index in [4.69, 9.17) is 16.3 Å². The quantitative estimate of drug-likeness (QED) is 0.723. The first-order chi connectivity index (χ1) is 13.1. The standard InChI is InChI=1S/C21H23ClFNO4/c1-21(2,3)28-20(27)24-12-16(19(25)26)14-9-10-17(22)18(23)15(14)11-13-7-5-4-6-8-13/h4-10,16H,11-12H2,1-3H3,(H,24,27)(H,25,26). The lowest BCUT2D eigenvalue weighted by Crippen LogP contribution is -2.36. The largest absolute Gasteiger partial charge is 0.481 e. The highest BCUT2D eigenvalue weighted by Gasteiger charge is 2.27. The summed E-state index contributed by atoms with van der Waals surface area (Å²) >= 11 is 5.92. The Morgan fingerprint density at radius 3 is 2.39 bits per heavy atom. The summed E-state index contributed by atoms with van der Waals surface area (Å²) in [7, 11) is 0. The number of rotatable bonds is 6. The van der Waals surface area contributed by atoms with E-state index in [0.29, 0.717) is 0 Å². The van der Waals surface area contributed by atoms with Crippen LogP contribution in [0.1, 0.15) is 43.4 Å². The Balaban J connectivity index is 2.32. The predicted molar refractivity (Wildman–Crippen MR) is 105 cm³/mol. The fourth-order valence-corrected chi connectivity index (χ4v) is 2.92. The summed E-state index contributed by atoms with van der Waals surface area (Å²) in [4.78, 5) is 23.7. The van der Waals surface area contributed by atoms with Gasteiger partial charge in [-0.3, -0.25) is 4.79 Å². The molecular formula is C21H23ClFNO4. The van der Waals surface area contributed by atoms with Gasteiger partial charge in [-0.1, -0.05) is 48.0 Å². The first-order valence-corrected chi connectivity index (χ1v) is 9.16. The molecule has 1 unspecified atom stereocenters. The van der Waals surface area contributed by atoms with E-state index in [1.165, 1.54) is 12.1 Å². The summed E-state index contributed by atoms with van der Waals surface area (Å²) in [5, 5.41) is 12.0. The number of halogens is 2. The minimum absolute atomic E-state index is 0.0843. The third-order valence-corrected chi connectivity index (χ3v) is 4.27. The molecule has 28 heavy (non-hydrogen) atoms. The number of amides is 1. The van der Waals surface area contributed by atoms with Crippen LogP contribution in [0.4, 0.5) is 9.18 Å². The van der Waals surface area contributed by atoms with Gasteiger partial charge in [-0.2, -0.15) is 0 Å². The highest BCUT2D eigenvalue weighted by Crippen LogP contribution is 2.29. The minimum Gasteiger partial charge on any atom is -0.481 e. The van der Waals surface area contributed by atoms with Gasteiger partial charge in [-0.05, 0) is 43.5 Å². The molecule has 1 atom stereocenters. The summed E-state index contributed by atoms with van der Waals surface area (Å²) in [6, 6.07) is 11.9. The second-order valence-corrected chi connectivity index (χ2v) is 7.77. The van der Waals surface area contributed by atoms with Crippen molar-refractivity contribution in [2.75, 3.05) is 6.54 Å². The Morgan fingerprint density at radius 2 is 1.82 bits per heavy atom. The molecule has 5 nitrogen and oxygen atoms in total. The fraction of sp³-hybridized carbons (Fsp3) is 0.333. The predicted octanol–water partition coefficient (Wildman–Crippen LogP) is 4.76. The van der Waals surface area contributed by atoms with Gasteiger partial charge >= 0.3 is 12.1 Å². The van der Waals surface area contributed by atoms with Crippen LogP contribution < -0.4 is 5.32 Å². The van der Waals surface area contributed by atoms with Crippen LogP contribution in [-0.2, 0) is 16.0 Å². The number of hydrogen-bond acceptors (Lipinski definition) is 3. The zero-order chi connectivity index (χ0) is 20.9. The summed E-state index contributed by atoms with van der Waals surface area (Å²) in [5.74, 6) is -3.00. The maximum absolute atomic E-state index is 14.8. The molecular weight excluding hydrogens is 385 g/mol. The smallest absolute Gasteiger partial charge is 0.407 e. The summed E-state index contributed by atoms with van der Waals surface area (Å²) < 4.78 is 19.9. The third kappa shape index (κ3) is 5.96. The van der Waals surface area contributed by atoms with Crippen LogP contribution in [0.5, 0.6) is 0 Å². The van der Waals surface area contributed by atoms with Crippen molar-refractivity contribution in [2.45, 2.75) is 38.7 Å². The molecule has 0 saturated heterocycles. The summed E-state index contributed by atoms with van der Waals surface area (Å²) in [5.41, 5.74) is 0.550. The van der Waals surface area contributed by atoms with Crippen molar-refractivity contribution < 1.29 is 23.8 Å². The molecule has 0 fully saturated rings. The average Bonchev–Trinajstić information content (AvgIpc) is 2.60. The van der Waals surface area contributed by atoms with Gasteiger partial charge in [0.2, 0.25) is 0 Å². The molecule has 0 aliphatic heterocycles. The van der Waals surface area contributed by atoms with Gasteiger partial charge < -0.3 is 15.2 Å². The van der Waals surface area contributed by atoms with Crippen LogP contribution in [0.2, 0.25) is 5.02 Å². The Hall–Kier alpha value is -2.60. The monoisotopic (exact) mass is 407 g/mol. The maximum Gasteiger partial charge on any atom is 0.407 e. The van der Waals surface area contributed by atoms with E-state index in [0.717, 1.165) is 5.56 Å². The van der Waals surface area contributed by atoms with Crippen LogP contribution in [0.25, 0.3) is 0 Å². The Kier molecular flexibility index (Phi) is 7.02. The first kappa shape index (κ1) is 21.7. The van der Waals surface area contributed by atoms with Crippen LogP contribution in [0.15, 0.2) is 42.5 Å². The lowest BCUT2D eigenvalue weighted by Gasteiger charge is -2.22. The summed E-state index contributed by atoms with van der Waals surface area (Å²) in [6.07, 6.45) is -0.559. The number of carbonyl (C=O) groups is 2. The molecule has 0 spiro atoms. The van der Waals surface area contributed by atoms with E-state index in [1.807, 2.05) is 30.3 Å². The first-order valence-electron chi connectivity index (χ1n) is 8.79. The van der Waals surface area contributed by atoms with Gasteiger partial charge in [0.1, 0.15) is 11.4 Å². The van der Waals surface area contributed by atoms with Gasteiger partial charge in [-0.25, -0.2) is 9.18 Å². The van der Waals surface area contributed by atoms with Crippen LogP contribution in [-0.4, -0.2) is 29.3 Å². The van der Waals surface area contributed by atoms with Crippen molar-refractivity contribution >= 4 is 23.7 Å². The lowest BCUT2D eigenvalue weighted by atomic mass is 9.90. The van der Waals surface area contributed by atoms with Crippen molar-refractivity contribution in [1.29, 1.82) is 0 Å². The van der Waals surface area contributed by atoms with E-state index in [-0.39, 0.29) is 29.1 Å². The number of ether oxygens (including phenoxy) is 1. The average molecular weight is 408 g/mol. The van der Waals surface area contributed by atoms with Crippen molar-refractivity contribution in [1.82, 2.24) is 5.32 Å². The molecule has 150 valence electrons. The number of hydrogen-bond donors (Lipinski definition) is 2. The summed E-state index contributed by atoms with van der Waals surface area (Å²) in [6.45, 7) is 4.86. The van der Waals surface area contributed by atoms with Gasteiger partial charge in [0.25, 0.3) is 0 Å². The van der Waals surface area contributed by atoms with Crippen LogP contribution >= 0.6 is 11.6 Å². The van der Waals surface area contributed by atoms with E-state index in [2.05, 4.69) is 5.32 Å². The molecule has 2 aromatic rings. The number of benzene rings is 2. The molecule has 0 heterocycles. The van der Waals surface area contributed by atoms with Crippen molar-refractivity contribution in [2.24, 2.45) is 0 Å².